The van der Waals surface area contributed by atoms with Gasteiger partial charge in [-0.25, -0.2) is 28.0 Å². The Morgan fingerprint density at radius 3 is 1.39 bits per heavy atom. The van der Waals surface area contributed by atoms with Gasteiger partial charge in [-0.15, -0.1) is 0 Å². The van der Waals surface area contributed by atoms with Crippen molar-refractivity contribution < 1.29 is 28.0 Å². The third-order valence-corrected chi connectivity index (χ3v) is 12.4. The zero-order valence-corrected chi connectivity index (χ0v) is 33.9. The number of fused-ring (bicyclic) bond motifs is 1. The molecule has 0 aromatic carbocycles. The summed E-state index contributed by atoms with van der Waals surface area (Å²) in [5, 5.41) is 6.81. The van der Waals surface area contributed by atoms with Gasteiger partial charge in [0.05, 0.1) is 18.9 Å². The molecule has 0 bridgehead atoms. The monoisotopic (exact) mass is 738 g/mol. The van der Waals surface area contributed by atoms with Gasteiger partial charge in [-0.05, 0) is 25.7 Å². The third kappa shape index (κ3) is 23.7. The van der Waals surface area contributed by atoms with Crippen LogP contribution in [-0.4, -0.2) is 36.5 Å². The van der Waals surface area contributed by atoms with Crippen LogP contribution in [0, 0.1) is 0 Å². The Morgan fingerprint density at radius 2 is 0.980 bits per heavy atom. The van der Waals surface area contributed by atoms with Gasteiger partial charge < -0.3 is 5.32 Å². The first-order valence-electron chi connectivity index (χ1n) is 21.7. The summed E-state index contributed by atoms with van der Waals surface area (Å²) < 4.78 is 17.7. The van der Waals surface area contributed by atoms with Gasteiger partial charge >= 0.3 is 26.0 Å². The van der Waals surface area contributed by atoms with E-state index < -0.39 is 26.0 Å². The molecule has 0 aromatic rings. The summed E-state index contributed by atoms with van der Waals surface area (Å²) in [5.41, 5.74) is 0. The highest BCUT2D eigenvalue weighted by atomic mass is 31.2. The number of carbonyl (C=O) groups excluding carboxylic acids is 3. The maximum atomic E-state index is 13.3. The molecule has 2 unspecified atom stereocenters. The smallest absolute Gasteiger partial charge is 0.309 e. The highest BCUT2D eigenvalue weighted by Gasteiger charge is 2.58. The van der Waals surface area contributed by atoms with Gasteiger partial charge in [0.2, 0.25) is 0 Å². The van der Waals surface area contributed by atoms with Crippen molar-refractivity contribution in [3.8, 4) is 0 Å². The second kappa shape index (κ2) is 30.9. The van der Waals surface area contributed by atoms with Gasteiger partial charge in [0, 0.05) is 18.7 Å². The van der Waals surface area contributed by atoms with Crippen LogP contribution in [0.4, 0.5) is 0 Å². The molecule has 9 heteroatoms. The molecule has 0 aromatic heterocycles. The van der Waals surface area contributed by atoms with Crippen molar-refractivity contribution in [3.05, 3.63) is 12.2 Å². The number of hydrogen-bond acceptors (Lipinski definition) is 8. The first kappa shape index (κ1) is 45.7. The molecule has 0 radical (unpaired) electrons. The van der Waals surface area contributed by atoms with E-state index in [-0.39, 0.29) is 24.9 Å². The normalized spacial score (nSPS) is 18.9. The van der Waals surface area contributed by atoms with Crippen LogP contribution in [0.15, 0.2) is 12.2 Å². The number of unbranched alkanes of at least 4 members (excludes halogenated alkanes) is 24. The van der Waals surface area contributed by atoms with Crippen molar-refractivity contribution in [3.63, 3.8) is 0 Å². The van der Waals surface area contributed by atoms with E-state index in [2.05, 4.69) is 24.3 Å². The minimum Gasteiger partial charge on any atom is -0.309 e. The quantitative estimate of drug-likeness (QED) is 0.0555. The van der Waals surface area contributed by atoms with Crippen LogP contribution < -0.4 is 10.4 Å². The van der Waals surface area contributed by atoms with E-state index in [1.54, 1.807) is 6.08 Å². The molecule has 1 fully saturated rings. The van der Waals surface area contributed by atoms with Gasteiger partial charge in [-0.3, -0.25) is 0 Å². The first-order valence-corrected chi connectivity index (χ1v) is 23.3. The molecule has 0 amide bonds. The molecule has 1 heterocycles. The average Bonchev–Trinajstić information content (AvgIpc) is 3.11. The van der Waals surface area contributed by atoms with Crippen molar-refractivity contribution >= 4 is 26.0 Å². The van der Waals surface area contributed by atoms with Crippen LogP contribution in [0.5, 0.6) is 0 Å². The summed E-state index contributed by atoms with van der Waals surface area (Å²) in [6.45, 7) is 5.06. The highest BCUT2D eigenvalue weighted by Crippen LogP contribution is 2.60. The molecule has 0 saturated heterocycles. The molecule has 1 aliphatic carbocycles. The molecule has 0 spiro atoms. The summed E-state index contributed by atoms with van der Waals surface area (Å²) in [7, 11) is -3.83. The molecule has 296 valence electrons. The third-order valence-electron chi connectivity index (χ3n) is 10.5. The molecule has 8 nitrogen and oxygen atoms in total. The summed E-state index contributed by atoms with van der Waals surface area (Å²) >= 11 is 0. The lowest BCUT2D eigenvalue weighted by Gasteiger charge is -2.33. The summed E-state index contributed by atoms with van der Waals surface area (Å²) in [5.74, 6) is -1.64. The largest absolute Gasteiger partial charge is 0.648 e. The minimum atomic E-state index is -3.83. The molecule has 2 atom stereocenters. The molecule has 2 N–H and O–H groups in total. The standard InChI is InChI=1S/C42H78N2O6P/c1-3-5-7-9-11-13-15-17-19-21-23-25-27-34-40(45)48-51(44-39-33-30-29-32-38(39)43-37-31-36-42(47)50-51)49-41(46)35-28-26-24-22-20-18-16-14-12-10-8-6-4-2/h31,36,38-39,43-44H,3-30,32-35,37H2,1-2H3/q+1. The predicted octanol–water partition coefficient (Wildman–Crippen LogP) is 12.3. The van der Waals surface area contributed by atoms with E-state index in [0.29, 0.717) is 19.4 Å². The molecule has 51 heavy (non-hydrogen) atoms. The van der Waals surface area contributed by atoms with Crippen LogP contribution in [0.1, 0.15) is 219 Å². The SMILES string of the molecule is CCCCCCCCCCCCCCCC(=O)O[P+]1(OC(=O)CCCCCCCCCCCCCCC)NC2CCCCC2NCC=CC(=O)O1. The second-order valence-corrected chi connectivity index (χ2v) is 17.1. The highest BCUT2D eigenvalue weighted by molar-refractivity contribution is 7.61. The zero-order valence-electron chi connectivity index (χ0n) is 33.0. The average molecular weight is 738 g/mol. The van der Waals surface area contributed by atoms with Crippen molar-refractivity contribution in [2.45, 2.75) is 231 Å². The lowest BCUT2D eigenvalue weighted by atomic mass is 9.91. The van der Waals surface area contributed by atoms with Gasteiger partial charge in [0.1, 0.15) is 0 Å². The Balaban J connectivity index is 1.80. The van der Waals surface area contributed by atoms with Gasteiger partial charge in [-0.1, -0.05) is 192 Å². The van der Waals surface area contributed by atoms with Crippen LogP contribution in [0.25, 0.3) is 0 Å². The number of hydrogen-bond donors (Lipinski definition) is 2. The fraction of sp³-hybridized carbons (Fsp3) is 0.881. The molecule has 1 aliphatic heterocycles. The van der Waals surface area contributed by atoms with E-state index in [9.17, 15) is 14.4 Å². The summed E-state index contributed by atoms with van der Waals surface area (Å²) in [6.07, 6.45) is 39.0. The lowest BCUT2D eigenvalue weighted by molar-refractivity contribution is -0.143. The van der Waals surface area contributed by atoms with Gasteiger partial charge in [0.15, 0.2) is 0 Å². The van der Waals surface area contributed by atoms with E-state index in [4.69, 9.17) is 13.6 Å². The molecular weight excluding hydrogens is 659 g/mol. The predicted molar refractivity (Wildman–Crippen MR) is 212 cm³/mol. The lowest BCUT2D eigenvalue weighted by Crippen LogP contribution is -2.51. The molecule has 1 saturated carbocycles. The van der Waals surface area contributed by atoms with Crippen molar-refractivity contribution in [2.24, 2.45) is 0 Å². The van der Waals surface area contributed by atoms with Crippen molar-refractivity contribution in [1.29, 1.82) is 0 Å². The first-order chi connectivity index (χ1) is 25.0. The number of carbonyl (C=O) groups is 3. The van der Waals surface area contributed by atoms with Crippen molar-refractivity contribution in [1.82, 2.24) is 10.4 Å². The summed E-state index contributed by atoms with van der Waals surface area (Å²) in [4.78, 5) is 39.4. The molecular formula is C42H78N2O6P+. The van der Waals surface area contributed by atoms with Crippen LogP contribution in [-0.2, 0) is 28.0 Å². The fourth-order valence-corrected chi connectivity index (χ4v) is 9.33. The Labute approximate surface area is 313 Å². The second-order valence-electron chi connectivity index (χ2n) is 15.3. The Hall–Kier alpha value is -1.50. The van der Waals surface area contributed by atoms with Gasteiger partial charge in [-0.2, -0.15) is 0 Å². The minimum absolute atomic E-state index is 0.0964. The maximum absolute atomic E-state index is 13.3. The Morgan fingerprint density at radius 1 is 0.608 bits per heavy atom. The Kier molecular flexibility index (Phi) is 27.7. The number of nitrogens with one attached hydrogen (secondary N) is 2. The zero-order chi connectivity index (χ0) is 36.7. The topological polar surface area (TPSA) is 103 Å². The van der Waals surface area contributed by atoms with Crippen LogP contribution in [0.2, 0.25) is 0 Å². The van der Waals surface area contributed by atoms with Crippen LogP contribution in [0.3, 0.4) is 0 Å². The summed E-state index contributed by atoms with van der Waals surface area (Å²) in [6, 6.07) is -0.0428. The molecule has 2 aliphatic rings. The fourth-order valence-electron chi connectivity index (χ4n) is 7.32. The van der Waals surface area contributed by atoms with Crippen molar-refractivity contribution in [2.75, 3.05) is 6.54 Å². The Bertz CT molecular complexity index is 887. The molecule has 2 rings (SSSR count). The van der Waals surface area contributed by atoms with E-state index in [1.807, 2.05) is 0 Å². The van der Waals surface area contributed by atoms with E-state index in [1.165, 1.54) is 134 Å². The van der Waals surface area contributed by atoms with E-state index in [0.717, 1.165) is 51.4 Å². The van der Waals surface area contributed by atoms with E-state index >= 15 is 0 Å². The number of rotatable bonds is 30. The van der Waals surface area contributed by atoms with Crippen LogP contribution >= 0.6 is 8.09 Å². The maximum Gasteiger partial charge on any atom is 0.648 e. The van der Waals surface area contributed by atoms with Gasteiger partial charge in [0.25, 0.3) is 0 Å².